The molecule has 2 N–H and O–H groups in total. The summed E-state index contributed by atoms with van der Waals surface area (Å²) in [6.45, 7) is 0. The first-order chi connectivity index (χ1) is 8.93. The highest BCUT2D eigenvalue weighted by Gasteiger charge is 2.42. The molecule has 1 heterocycles. The summed E-state index contributed by atoms with van der Waals surface area (Å²) in [6, 6.07) is 20.4. The van der Waals surface area contributed by atoms with Gasteiger partial charge in [-0.25, -0.2) is 10.9 Å². The molecular formula is C16H16N2. The summed E-state index contributed by atoms with van der Waals surface area (Å²) < 4.78 is 0. The normalized spacial score (nSPS) is 29.0. The van der Waals surface area contributed by atoms with Crippen LogP contribution >= 0.6 is 0 Å². The van der Waals surface area contributed by atoms with Gasteiger partial charge in [0, 0.05) is 5.92 Å². The lowest BCUT2D eigenvalue weighted by molar-refractivity contribution is 0.455. The van der Waals surface area contributed by atoms with Crippen LogP contribution in [0.15, 0.2) is 54.6 Å². The Morgan fingerprint density at radius 2 is 1.50 bits per heavy atom. The van der Waals surface area contributed by atoms with Gasteiger partial charge in [-0.2, -0.15) is 0 Å². The Labute approximate surface area is 107 Å². The average Bonchev–Trinajstić information content (AvgIpc) is 2.98. The highest BCUT2D eigenvalue weighted by molar-refractivity contribution is 5.38. The van der Waals surface area contributed by atoms with Crippen molar-refractivity contribution in [2.75, 3.05) is 0 Å². The first-order valence-electron chi connectivity index (χ1n) is 6.57. The molecule has 90 valence electrons. The Balaban J connectivity index is 1.70. The van der Waals surface area contributed by atoms with E-state index in [0.29, 0.717) is 18.0 Å². The van der Waals surface area contributed by atoms with Crippen molar-refractivity contribution in [3.8, 4) is 0 Å². The predicted octanol–water partition coefficient (Wildman–Crippen LogP) is 2.75. The molecule has 18 heavy (non-hydrogen) atoms. The maximum absolute atomic E-state index is 3.47. The van der Waals surface area contributed by atoms with Crippen LogP contribution in [0.1, 0.15) is 28.8 Å². The summed E-state index contributed by atoms with van der Waals surface area (Å²) in [6.07, 6.45) is 1.17. The Morgan fingerprint density at radius 1 is 0.778 bits per heavy atom. The van der Waals surface area contributed by atoms with Crippen molar-refractivity contribution in [3.63, 3.8) is 0 Å². The zero-order valence-electron chi connectivity index (χ0n) is 10.1. The van der Waals surface area contributed by atoms with Crippen molar-refractivity contribution in [1.82, 2.24) is 10.9 Å². The Bertz CT molecular complexity index is 564. The minimum atomic E-state index is 0.420. The van der Waals surface area contributed by atoms with Crippen LogP contribution in [0.4, 0.5) is 0 Å². The number of hydrazine groups is 1. The molecule has 0 radical (unpaired) electrons. The van der Waals surface area contributed by atoms with Gasteiger partial charge in [0.25, 0.3) is 0 Å². The standard InChI is InChI=1S/C16H16N2/c1-2-6-11(7-3-1)15-14-10-12-8-4-5-9-13(12)16(14)18-17-15/h1-9,14-18H,10H2. The van der Waals surface area contributed by atoms with Gasteiger partial charge in [-0.05, 0) is 23.1 Å². The summed E-state index contributed by atoms with van der Waals surface area (Å²) in [7, 11) is 0. The summed E-state index contributed by atoms with van der Waals surface area (Å²) >= 11 is 0. The smallest absolute Gasteiger partial charge is 0.0515 e. The molecule has 1 aliphatic heterocycles. The molecule has 2 aliphatic rings. The average molecular weight is 236 g/mol. The molecule has 0 saturated carbocycles. The van der Waals surface area contributed by atoms with Crippen LogP contribution in [0.25, 0.3) is 0 Å². The molecular weight excluding hydrogens is 220 g/mol. The molecule has 1 fully saturated rings. The molecule has 2 heteroatoms. The Hall–Kier alpha value is -1.64. The van der Waals surface area contributed by atoms with Gasteiger partial charge in [-0.15, -0.1) is 0 Å². The van der Waals surface area contributed by atoms with Gasteiger partial charge in [0.1, 0.15) is 0 Å². The van der Waals surface area contributed by atoms with Gasteiger partial charge < -0.3 is 0 Å². The van der Waals surface area contributed by atoms with E-state index < -0.39 is 0 Å². The van der Waals surface area contributed by atoms with E-state index in [1.807, 2.05) is 0 Å². The predicted molar refractivity (Wildman–Crippen MR) is 71.8 cm³/mol. The van der Waals surface area contributed by atoms with E-state index in [1.54, 1.807) is 0 Å². The highest BCUT2D eigenvalue weighted by Crippen LogP contribution is 2.45. The fourth-order valence-electron chi connectivity index (χ4n) is 3.40. The van der Waals surface area contributed by atoms with Crippen LogP contribution in [0.5, 0.6) is 0 Å². The van der Waals surface area contributed by atoms with Gasteiger partial charge >= 0.3 is 0 Å². The molecule has 0 aromatic heterocycles. The molecule has 2 aromatic carbocycles. The lowest BCUT2D eigenvalue weighted by atomic mass is 9.90. The van der Waals surface area contributed by atoms with E-state index in [4.69, 9.17) is 0 Å². The van der Waals surface area contributed by atoms with E-state index in [2.05, 4.69) is 65.4 Å². The zero-order valence-corrected chi connectivity index (χ0v) is 10.1. The van der Waals surface area contributed by atoms with Crippen LogP contribution in [0, 0.1) is 5.92 Å². The molecule has 2 aromatic rings. The second-order valence-corrected chi connectivity index (χ2v) is 5.22. The largest absolute Gasteiger partial charge is 0.249 e. The fourth-order valence-corrected chi connectivity index (χ4v) is 3.40. The van der Waals surface area contributed by atoms with Gasteiger partial charge in [0.15, 0.2) is 0 Å². The number of nitrogens with one attached hydrogen (secondary N) is 2. The number of benzene rings is 2. The quantitative estimate of drug-likeness (QED) is 0.795. The third-order valence-electron chi connectivity index (χ3n) is 4.26. The summed E-state index contributed by atoms with van der Waals surface area (Å²) in [5.41, 5.74) is 11.3. The summed E-state index contributed by atoms with van der Waals surface area (Å²) in [4.78, 5) is 0. The number of hydrogen-bond acceptors (Lipinski definition) is 2. The third kappa shape index (κ3) is 1.43. The molecule has 2 nitrogen and oxygen atoms in total. The van der Waals surface area contributed by atoms with Crippen molar-refractivity contribution in [3.05, 3.63) is 71.3 Å². The van der Waals surface area contributed by atoms with E-state index in [0.717, 1.165) is 0 Å². The van der Waals surface area contributed by atoms with Gasteiger partial charge in [-0.1, -0.05) is 54.6 Å². The van der Waals surface area contributed by atoms with E-state index in [-0.39, 0.29) is 0 Å². The second-order valence-electron chi connectivity index (χ2n) is 5.22. The molecule has 4 rings (SSSR count). The van der Waals surface area contributed by atoms with Gasteiger partial charge in [0.2, 0.25) is 0 Å². The fraction of sp³-hybridized carbons (Fsp3) is 0.250. The van der Waals surface area contributed by atoms with Gasteiger partial charge in [0.05, 0.1) is 12.1 Å². The second kappa shape index (κ2) is 3.94. The SMILES string of the molecule is c1ccc(C2NNC3c4ccccc4CC23)cc1. The molecule has 1 aliphatic carbocycles. The lowest BCUT2D eigenvalue weighted by Crippen LogP contribution is -2.27. The maximum atomic E-state index is 3.47. The number of fused-ring (bicyclic) bond motifs is 3. The monoisotopic (exact) mass is 236 g/mol. The molecule has 0 spiro atoms. The van der Waals surface area contributed by atoms with Crippen molar-refractivity contribution in [2.45, 2.75) is 18.5 Å². The summed E-state index contributed by atoms with van der Waals surface area (Å²) in [5, 5.41) is 0. The van der Waals surface area contributed by atoms with Crippen molar-refractivity contribution < 1.29 is 0 Å². The molecule has 1 saturated heterocycles. The molecule has 3 atom stereocenters. The van der Waals surface area contributed by atoms with Crippen LogP contribution in [-0.2, 0) is 6.42 Å². The first-order valence-corrected chi connectivity index (χ1v) is 6.57. The van der Waals surface area contributed by atoms with E-state index >= 15 is 0 Å². The molecule has 0 bridgehead atoms. The minimum absolute atomic E-state index is 0.420. The zero-order chi connectivity index (χ0) is 11.9. The molecule has 0 amide bonds. The van der Waals surface area contributed by atoms with Crippen LogP contribution in [-0.4, -0.2) is 0 Å². The van der Waals surface area contributed by atoms with Crippen LogP contribution < -0.4 is 10.9 Å². The highest BCUT2D eigenvalue weighted by atomic mass is 15.4. The summed E-state index contributed by atoms with van der Waals surface area (Å²) in [5.74, 6) is 0.629. The van der Waals surface area contributed by atoms with Crippen LogP contribution in [0.3, 0.4) is 0 Å². The maximum Gasteiger partial charge on any atom is 0.0515 e. The lowest BCUT2D eigenvalue weighted by Gasteiger charge is -2.17. The topological polar surface area (TPSA) is 24.1 Å². The van der Waals surface area contributed by atoms with Crippen molar-refractivity contribution in [1.29, 1.82) is 0 Å². The van der Waals surface area contributed by atoms with Crippen LogP contribution in [0.2, 0.25) is 0 Å². The van der Waals surface area contributed by atoms with Gasteiger partial charge in [-0.3, -0.25) is 0 Å². The van der Waals surface area contributed by atoms with E-state index in [9.17, 15) is 0 Å². The first kappa shape index (κ1) is 10.3. The van der Waals surface area contributed by atoms with E-state index in [1.165, 1.54) is 23.1 Å². The Kier molecular flexibility index (Phi) is 2.25. The third-order valence-corrected chi connectivity index (χ3v) is 4.26. The number of hydrogen-bond donors (Lipinski definition) is 2. The van der Waals surface area contributed by atoms with Crippen molar-refractivity contribution >= 4 is 0 Å². The molecule has 3 unspecified atom stereocenters. The number of rotatable bonds is 1. The minimum Gasteiger partial charge on any atom is -0.249 e. The Morgan fingerprint density at radius 3 is 2.39 bits per heavy atom. The van der Waals surface area contributed by atoms with Crippen molar-refractivity contribution in [2.24, 2.45) is 5.92 Å².